The highest BCUT2D eigenvalue weighted by Gasteiger charge is 2.17. The zero-order valence-electron chi connectivity index (χ0n) is 10.4. The smallest absolute Gasteiger partial charge is 0.206 e. The second-order valence-electron chi connectivity index (χ2n) is 4.06. The van der Waals surface area contributed by atoms with Gasteiger partial charge in [0.05, 0.1) is 9.79 Å². The van der Waals surface area contributed by atoms with E-state index in [2.05, 4.69) is 13.2 Å². The number of benzene rings is 2. The maximum Gasteiger partial charge on any atom is 0.206 e. The zero-order valence-corrected chi connectivity index (χ0v) is 11.2. The van der Waals surface area contributed by atoms with E-state index in [1.54, 1.807) is 48.6 Å². The third kappa shape index (κ3) is 2.66. The Bertz CT molecular complexity index is 670. The molecule has 0 aliphatic rings. The molecule has 0 N–H and O–H groups in total. The van der Waals surface area contributed by atoms with Crippen LogP contribution in [0, 0.1) is 0 Å². The standard InChI is InChI=1S/C16H14O2S/c1-3-13-7-5-9-15(11-13)19(17,18)16-10-6-8-14(4-2)12-16/h3-12H,1-2H2. The van der Waals surface area contributed by atoms with Gasteiger partial charge in [-0.25, -0.2) is 8.42 Å². The highest BCUT2D eigenvalue weighted by Crippen LogP contribution is 2.23. The second-order valence-corrected chi connectivity index (χ2v) is 6.01. The lowest BCUT2D eigenvalue weighted by atomic mass is 10.2. The minimum atomic E-state index is -3.50. The Hall–Kier alpha value is -2.13. The van der Waals surface area contributed by atoms with Crippen LogP contribution in [0.5, 0.6) is 0 Å². The molecule has 0 atom stereocenters. The fourth-order valence-corrected chi connectivity index (χ4v) is 3.12. The van der Waals surface area contributed by atoms with Gasteiger partial charge in [-0.3, -0.25) is 0 Å². The van der Waals surface area contributed by atoms with Crippen molar-refractivity contribution in [2.24, 2.45) is 0 Å². The monoisotopic (exact) mass is 270 g/mol. The Morgan fingerprint density at radius 2 is 1.21 bits per heavy atom. The second kappa shape index (κ2) is 5.24. The van der Waals surface area contributed by atoms with E-state index in [9.17, 15) is 8.42 Å². The van der Waals surface area contributed by atoms with Crippen LogP contribution in [0.1, 0.15) is 11.1 Å². The van der Waals surface area contributed by atoms with Gasteiger partial charge in [0.25, 0.3) is 0 Å². The lowest BCUT2D eigenvalue weighted by molar-refractivity contribution is 0.596. The predicted octanol–water partition coefficient (Wildman–Crippen LogP) is 3.81. The summed E-state index contributed by atoms with van der Waals surface area (Å²) < 4.78 is 25.0. The summed E-state index contributed by atoms with van der Waals surface area (Å²) in [4.78, 5) is 0.539. The Morgan fingerprint density at radius 3 is 1.58 bits per heavy atom. The maximum absolute atomic E-state index is 12.5. The molecule has 0 fully saturated rings. The number of rotatable bonds is 4. The average molecular weight is 270 g/mol. The van der Waals surface area contributed by atoms with Crippen molar-refractivity contribution in [3.8, 4) is 0 Å². The van der Waals surface area contributed by atoms with Gasteiger partial charge < -0.3 is 0 Å². The summed E-state index contributed by atoms with van der Waals surface area (Å²) in [5.41, 5.74) is 1.56. The van der Waals surface area contributed by atoms with Gasteiger partial charge in [-0.15, -0.1) is 0 Å². The lowest BCUT2D eigenvalue weighted by Gasteiger charge is -2.06. The fraction of sp³-hybridized carbons (Fsp3) is 0. The maximum atomic E-state index is 12.5. The quantitative estimate of drug-likeness (QED) is 0.846. The highest BCUT2D eigenvalue weighted by atomic mass is 32.2. The van der Waals surface area contributed by atoms with Crippen molar-refractivity contribution in [3.63, 3.8) is 0 Å². The number of sulfone groups is 1. The lowest BCUT2D eigenvalue weighted by Crippen LogP contribution is -2.02. The van der Waals surface area contributed by atoms with Crippen LogP contribution in [-0.2, 0) is 9.84 Å². The molecule has 0 amide bonds. The van der Waals surface area contributed by atoms with Crippen molar-refractivity contribution < 1.29 is 8.42 Å². The van der Waals surface area contributed by atoms with Crippen LogP contribution >= 0.6 is 0 Å². The van der Waals surface area contributed by atoms with Gasteiger partial charge in [0.1, 0.15) is 0 Å². The molecule has 2 rings (SSSR count). The van der Waals surface area contributed by atoms with E-state index in [0.717, 1.165) is 11.1 Å². The van der Waals surface area contributed by atoms with Crippen LogP contribution in [0.3, 0.4) is 0 Å². The molecular formula is C16H14O2S. The Balaban J connectivity index is 2.57. The van der Waals surface area contributed by atoms with Crippen molar-refractivity contribution in [2.75, 3.05) is 0 Å². The molecule has 0 aliphatic carbocycles. The Labute approximate surface area is 113 Å². The Morgan fingerprint density at radius 1 is 0.789 bits per heavy atom. The average Bonchev–Trinajstić information content (AvgIpc) is 2.47. The molecule has 2 aromatic rings. The van der Waals surface area contributed by atoms with Crippen molar-refractivity contribution >= 4 is 22.0 Å². The van der Waals surface area contributed by atoms with Crippen LogP contribution in [0.2, 0.25) is 0 Å². The molecule has 0 aliphatic heterocycles. The molecule has 0 spiro atoms. The third-order valence-electron chi connectivity index (χ3n) is 2.81. The summed E-state index contributed by atoms with van der Waals surface area (Å²) >= 11 is 0. The third-order valence-corrected chi connectivity index (χ3v) is 4.56. The number of hydrogen-bond acceptors (Lipinski definition) is 2. The van der Waals surface area contributed by atoms with Crippen LogP contribution < -0.4 is 0 Å². The summed E-state index contributed by atoms with van der Waals surface area (Å²) in [5, 5.41) is 0. The van der Waals surface area contributed by atoms with Crippen LogP contribution in [-0.4, -0.2) is 8.42 Å². The zero-order chi connectivity index (χ0) is 13.9. The minimum Gasteiger partial charge on any atom is -0.219 e. The summed E-state index contributed by atoms with van der Waals surface area (Å²) in [6.45, 7) is 7.29. The van der Waals surface area contributed by atoms with E-state index in [-0.39, 0.29) is 9.79 Å². The van der Waals surface area contributed by atoms with Crippen LogP contribution in [0.25, 0.3) is 12.2 Å². The molecule has 0 radical (unpaired) electrons. The SMILES string of the molecule is C=Cc1cccc(S(=O)(=O)c2cccc(C=C)c2)c1. The van der Waals surface area contributed by atoms with Crippen molar-refractivity contribution in [3.05, 3.63) is 72.8 Å². The van der Waals surface area contributed by atoms with Crippen molar-refractivity contribution in [1.29, 1.82) is 0 Å². The van der Waals surface area contributed by atoms with Gasteiger partial charge in [-0.2, -0.15) is 0 Å². The normalized spacial score (nSPS) is 10.9. The first-order valence-electron chi connectivity index (χ1n) is 5.78. The minimum absolute atomic E-state index is 0.270. The van der Waals surface area contributed by atoms with E-state index in [0.29, 0.717) is 0 Å². The van der Waals surface area contributed by atoms with Crippen LogP contribution in [0.15, 0.2) is 71.5 Å². The van der Waals surface area contributed by atoms with Crippen molar-refractivity contribution in [1.82, 2.24) is 0 Å². The predicted molar refractivity (Wildman–Crippen MR) is 78.5 cm³/mol. The number of hydrogen-bond donors (Lipinski definition) is 0. The molecular weight excluding hydrogens is 256 g/mol. The van der Waals surface area contributed by atoms with E-state index in [1.165, 1.54) is 0 Å². The van der Waals surface area contributed by atoms with Gasteiger partial charge >= 0.3 is 0 Å². The summed E-state index contributed by atoms with van der Waals surface area (Å²) in [7, 11) is -3.50. The van der Waals surface area contributed by atoms with Gasteiger partial charge in [0.15, 0.2) is 0 Å². The molecule has 0 heterocycles. The summed E-state index contributed by atoms with van der Waals surface area (Å²) in [5.74, 6) is 0. The first-order chi connectivity index (χ1) is 9.07. The molecule has 0 unspecified atom stereocenters. The van der Waals surface area contributed by atoms with E-state index >= 15 is 0 Å². The largest absolute Gasteiger partial charge is 0.219 e. The molecule has 0 aromatic heterocycles. The molecule has 96 valence electrons. The molecule has 3 heteroatoms. The Kier molecular flexibility index (Phi) is 3.67. The molecule has 19 heavy (non-hydrogen) atoms. The molecule has 0 bridgehead atoms. The van der Waals surface area contributed by atoms with Crippen molar-refractivity contribution in [2.45, 2.75) is 9.79 Å². The van der Waals surface area contributed by atoms with Gasteiger partial charge in [0, 0.05) is 0 Å². The fourth-order valence-electron chi connectivity index (χ4n) is 1.75. The molecule has 0 saturated heterocycles. The topological polar surface area (TPSA) is 34.1 Å². The van der Waals surface area contributed by atoms with Crippen LogP contribution in [0.4, 0.5) is 0 Å². The highest BCUT2D eigenvalue weighted by molar-refractivity contribution is 7.91. The van der Waals surface area contributed by atoms with Gasteiger partial charge in [0.2, 0.25) is 9.84 Å². The van der Waals surface area contributed by atoms with E-state index < -0.39 is 9.84 Å². The summed E-state index contributed by atoms with van der Waals surface area (Å²) in [6.07, 6.45) is 3.25. The van der Waals surface area contributed by atoms with E-state index in [4.69, 9.17) is 0 Å². The summed E-state index contributed by atoms with van der Waals surface area (Å²) in [6, 6.07) is 13.4. The first-order valence-corrected chi connectivity index (χ1v) is 7.26. The molecule has 2 nitrogen and oxygen atoms in total. The molecule has 0 saturated carbocycles. The molecule has 2 aromatic carbocycles. The first kappa shape index (κ1) is 13.3. The van der Waals surface area contributed by atoms with Gasteiger partial charge in [-0.1, -0.05) is 49.6 Å². The van der Waals surface area contributed by atoms with E-state index in [1.807, 2.05) is 12.1 Å². The van der Waals surface area contributed by atoms with Gasteiger partial charge in [-0.05, 0) is 35.4 Å².